The molecule has 2 unspecified atom stereocenters. The first-order chi connectivity index (χ1) is 21.7. The normalized spacial score (nSPS) is 36.7. The lowest BCUT2D eigenvalue weighted by atomic mass is 10.1. The second-order valence-corrected chi connectivity index (χ2v) is 15.6. The van der Waals surface area contributed by atoms with Crippen molar-refractivity contribution in [2.75, 3.05) is 18.1 Å². The van der Waals surface area contributed by atoms with Crippen LogP contribution in [-0.2, 0) is 44.6 Å². The number of halogens is 2. The molecular formula is C22H25F2N10O9PS2. The van der Waals surface area contributed by atoms with E-state index in [2.05, 4.69) is 29.9 Å². The van der Waals surface area contributed by atoms with E-state index in [9.17, 15) is 18.1 Å². The first-order valence-electron chi connectivity index (χ1n) is 13.6. The first kappa shape index (κ1) is 31.3. The lowest BCUT2D eigenvalue weighted by molar-refractivity contribution is -0.0463. The maximum Gasteiger partial charge on any atom is 0.325 e. The summed E-state index contributed by atoms with van der Waals surface area (Å²) in [7, 11) is -4.61. The Bertz CT molecular complexity index is 2050. The Balaban J connectivity index is 1.20. The summed E-state index contributed by atoms with van der Waals surface area (Å²) in [5.74, 6) is -0.250. The average molecular weight is 707 g/mol. The van der Waals surface area contributed by atoms with Gasteiger partial charge in [0.25, 0.3) is 15.7 Å². The minimum atomic E-state index is -4.61. The van der Waals surface area contributed by atoms with Crippen LogP contribution < -0.4 is 17.0 Å². The monoisotopic (exact) mass is 706 g/mol. The molecule has 6 N–H and O–H groups in total. The van der Waals surface area contributed by atoms with Crippen LogP contribution in [0, 0.1) is 0 Å². The predicted molar refractivity (Wildman–Crippen MR) is 155 cm³/mol. The third-order valence-electron chi connectivity index (χ3n) is 7.88. The van der Waals surface area contributed by atoms with Gasteiger partial charge in [-0.2, -0.15) is 13.4 Å². The van der Waals surface area contributed by atoms with Crippen LogP contribution in [-0.4, -0.2) is 101 Å². The van der Waals surface area contributed by atoms with Gasteiger partial charge in [0, 0.05) is 0 Å². The maximum atomic E-state index is 16.1. The van der Waals surface area contributed by atoms with Gasteiger partial charge in [-0.15, -0.1) is 0 Å². The molecule has 3 saturated heterocycles. The van der Waals surface area contributed by atoms with Gasteiger partial charge in [-0.05, 0) is 25.2 Å². The molecule has 0 aliphatic carbocycles. The van der Waals surface area contributed by atoms with Crippen molar-refractivity contribution in [3.05, 3.63) is 29.3 Å². The third kappa shape index (κ3) is 5.24. The van der Waals surface area contributed by atoms with E-state index >= 15 is 8.78 Å². The highest BCUT2D eigenvalue weighted by Gasteiger charge is 2.54. The van der Waals surface area contributed by atoms with E-state index in [1.54, 1.807) is 0 Å². The number of hydrogen-bond acceptors (Lipinski definition) is 16. The Morgan fingerprint density at radius 2 is 1.67 bits per heavy atom. The molecule has 10 atom stereocenters. The van der Waals surface area contributed by atoms with Crippen molar-refractivity contribution in [2.45, 2.75) is 67.8 Å². The topological polar surface area (TPSA) is 260 Å². The summed E-state index contributed by atoms with van der Waals surface area (Å²) in [5.41, 5.74) is 10.7. The van der Waals surface area contributed by atoms with E-state index in [4.69, 9.17) is 46.0 Å². The zero-order chi connectivity index (χ0) is 32.7. The Morgan fingerprint density at radius 3 is 2.41 bits per heavy atom. The van der Waals surface area contributed by atoms with Crippen LogP contribution in [0.15, 0.2) is 23.8 Å². The Labute approximate surface area is 261 Å². The molecule has 0 aromatic carbocycles. The highest BCUT2D eigenvalue weighted by atomic mass is 32.5. The minimum Gasteiger partial charge on any atom is -0.382 e. The fourth-order valence-electron chi connectivity index (χ4n) is 5.63. The molecule has 7 heterocycles. The molecule has 0 spiro atoms. The van der Waals surface area contributed by atoms with Gasteiger partial charge in [0.15, 0.2) is 47.4 Å². The predicted octanol–water partition coefficient (Wildman–Crippen LogP) is -0.279. The fraction of sp³-hybridized carbons (Fsp3) is 0.545. The van der Waals surface area contributed by atoms with E-state index in [1.807, 2.05) is 0 Å². The lowest BCUT2D eigenvalue weighted by Crippen LogP contribution is -2.41. The lowest BCUT2D eigenvalue weighted by Gasteiger charge is -2.29. The number of H-pyrrole nitrogens is 1. The molecule has 7 rings (SSSR count). The largest absolute Gasteiger partial charge is 0.382 e. The van der Waals surface area contributed by atoms with Crippen molar-refractivity contribution in [3.63, 3.8) is 0 Å². The van der Waals surface area contributed by atoms with E-state index in [1.165, 1.54) is 17.8 Å². The molecule has 0 saturated carbocycles. The molecule has 46 heavy (non-hydrogen) atoms. The van der Waals surface area contributed by atoms with Gasteiger partial charge in [0.2, 0.25) is 5.95 Å². The Kier molecular flexibility index (Phi) is 7.60. The molecule has 19 nitrogen and oxygen atoms in total. The second-order valence-electron chi connectivity index (χ2n) is 10.8. The second kappa shape index (κ2) is 11.2. The summed E-state index contributed by atoms with van der Waals surface area (Å²) in [4.78, 5) is 45.4. The number of fused-ring (bicyclic) bond motifs is 4. The molecule has 248 valence electrons. The average Bonchev–Trinajstić information content (AvgIpc) is 3.74. The van der Waals surface area contributed by atoms with Crippen molar-refractivity contribution >= 4 is 62.7 Å². The summed E-state index contributed by atoms with van der Waals surface area (Å²) in [5, 5.41) is -1.41. The summed E-state index contributed by atoms with van der Waals surface area (Å²) in [6.45, 7) is -3.79. The minimum absolute atomic E-state index is 0.0347. The molecule has 4 aromatic rings. The number of anilines is 2. The molecule has 0 radical (unpaired) electrons. The number of aromatic amines is 1. The quantitative estimate of drug-likeness (QED) is 0.154. The highest BCUT2D eigenvalue weighted by molar-refractivity contribution is 8.07. The molecular weight excluding hydrogens is 681 g/mol. The molecule has 0 bridgehead atoms. The SMILES string of the molecule is CC1C[C@H]2O[C@@H](n3cnc4c(N)ncnc43)[C@H](F)[C@@H]2OP(O)(=S)OC[C@H]2O[C@@H](n3cnc4c(=O)[nH]c(N)nc43)[C@H](F)[C@@H]2OS1(=O)=O. The van der Waals surface area contributed by atoms with Gasteiger partial charge >= 0.3 is 6.72 Å². The summed E-state index contributed by atoms with van der Waals surface area (Å²) in [6, 6.07) is 0. The smallest absolute Gasteiger partial charge is 0.325 e. The van der Waals surface area contributed by atoms with Crippen LogP contribution in [0.25, 0.3) is 22.3 Å². The number of nitrogens with zero attached hydrogens (tertiary/aromatic N) is 7. The number of imidazole rings is 2. The van der Waals surface area contributed by atoms with Crippen molar-refractivity contribution in [2.24, 2.45) is 0 Å². The molecule has 3 aliphatic rings. The highest BCUT2D eigenvalue weighted by Crippen LogP contribution is 2.51. The number of nitrogens with two attached hydrogens (primary N) is 2. The van der Waals surface area contributed by atoms with Crippen LogP contribution in [0.2, 0.25) is 0 Å². The molecule has 3 fully saturated rings. The summed E-state index contributed by atoms with van der Waals surface area (Å²) in [6.07, 6.45) is -10.6. The van der Waals surface area contributed by atoms with E-state index < -0.39 is 89.9 Å². The van der Waals surface area contributed by atoms with Crippen LogP contribution in [0.5, 0.6) is 0 Å². The molecule has 0 amide bonds. The van der Waals surface area contributed by atoms with Gasteiger partial charge in [0.1, 0.15) is 30.2 Å². The summed E-state index contributed by atoms with van der Waals surface area (Å²) < 4.78 is 89.4. The van der Waals surface area contributed by atoms with Gasteiger partial charge < -0.3 is 30.4 Å². The zero-order valence-electron chi connectivity index (χ0n) is 23.4. The van der Waals surface area contributed by atoms with Gasteiger partial charge in [-0.3, -0.25) is 27.6 Å². The van der Waals surface area contributed by atoms with Crippen molar-refractivity contribution in [1.82, 2.24) is 39.0 Å². The number of nitrogens with one attached hydrogen (secondary N) is 1. The third-order valence-corrected chi connectivity index (χ3v) is 11.1. The number of rotatable bonds is 2. The zero-order valence-corrected chi connectivity index (χ0v) is 25.9. The molecule has 24 heteroatoms. The van der Waals surface area contributed by atoms with Crippen molar-refractivity contribution < 1.29 is 44.8 Å². The van der Waals surface area contributed by atoms with Gasteiger partial charge in [0.05, 0.1) is 30.6 Å². The van der Waals surface area contributed by atoms with Gasteiger partial charge in [-0.25, -0.2) is 28.7 Å². The number of alkyl halides is 2. The number of ether oxygens (including phenoxy) is 2. The Morgan fingerprint density at radius 1 is 1.02 bits per heavy atom. The molecule has 3 aliphatic heterocycles. The van der Waals surface area contributed by atoms with Crippen LogP contribution in [0.1, 0.15) is 25.8 Å². The van der Waals surface area contributed by atoms with Crippen LogP contribution >= 0.6 is 6.72 Å². The van der Waals surface area contributed by atoms with E-state index in [0.717, 1.165) is 17.2 Å². The first-order valence-corrected chi connectivity index (χ1v) is 17.6. The van der Waals surface area contributed by atoms with Crippen LogP contribution in [0.3, 0.4) is 0 Å². The summed E-state index contributed by atoms with van der Waals surface area (Å²) >= 11 is 5.16. The maximum absolute atomic E-state index is 16.1. The van der Waals surface area contributed by atoms with E-state index in [0.29, 0.717) is 0 Å². The number of hydrogen-bond donors (Lipinski definition) is 4. The van der Waals surface area contributed by atoms with Crippen molar-refractivity contribution in [1.29, 1.82) is 0 Å². The van der Waals surface area contributed by atoms with Gasteiger partial charge in [-0.1, -0.05) is 0 Å². The number of aromatic nitrogens is 8. The standard InChI is InChI=1S/C22H25F2N10O9PS2/c1-7-2-8-14(10(23)20(40-8)33-5-29-12-16(25)27-4-28-17(12)33)42-44(36,45)39-3-9-15(43-46(7,37)38)11(24)21(41-9)34-6-30-13-18(34)31-22(26)32-19(13)35/h4-11,14-15,20-21H,2-3H2,1H3,(H,36,45)(H2,25,27,28)(H3,26,31,32,35)/t7?,8-,9-,10-,11-,14-,15-,20-,21-,44?/m1/s1. The van der Waals surface area contributed by atoms with Crippen LogP contribution in [0.4, 0.5) is 20.5 Å². The van der Waals surface area contributed by atoms with E-state index in [-0.39, 0.29) is 34.1 Å². The molecule has 4 aromatic heterocycles. The van der Waals surface area contributed by atoms with Crippen molar-refractivity contribution in [3.8, 4) is 0 Å². The fourth-order valence-corrected chi connectivity index (χ4v) is 8.22. The number of nitrogen functional groups attached to an aromatic ring is 2. The Hall–Kier alpha value is -3.28.